The van der Waals surface area contributed by atoms with Crippen LogP contribution < -0.4 is 0 Å². The lowest BCUT2D eigenvalue weighted by Crippen LogP contribution is -2.31. The van der Waals surface area contributed by atoms with Crippen LogP contribution in [0.3, 0.4) is 0 Å². The number of carbonyl (C=O) groups is 1. The second kappa shape index (κ2) is 3.04. The van der Waals surface area contributed by atoms with Gasteiger partial charge in [-0.1, -0.05) is 13.3 Å². The topological polar surface area (TPSA) is 40.9 Å². The Kier molecular flexibility index (Phi) is 2.28. The highest BCUT2D eigenvalue weighted by atomic mass is 16.1. The molecular formula is C9H13NO. The van der Waals surface area contributed by atoms with Crippen LogP contribution in [0.2, 0.25) is 0 Å². The molecule has 0 radical (unpaired) electrons. The van der Waals surface area contributed by atoms with E-state index in [1.165, 1.54) is 0 Å². The summed E-state index contributed by atoms with van der Waals surface area (Å²) in [6.45, 7) is 1.92. The van der Waals surface area contributed by atoms with Gasteiger partial charge in [0.15, 0.2) is 5.78 Å². The van der Waals surface area contributed by atoms with Crippen LogP contribution in [0.4, 0.5) is 0 Å². The Morgan fingerprint density at radius 1 is 1.64 bits per heavy atom. The Labute approximate surface area is 67.2 Å². The lowest BCUT2D eigenvalue weighted by molar-refractivity contribution is -0.128. The quantitative estimate of drug-likeness (QED) is 0.575. The number of hydrogen-bond donors (Lipinski definition) is 0. The van der Waals surface area contributed by atoms with Crippen LogP contribution in [0.5, 0.6) is 0 Å². The predicted molar refractivity (Wildman–Crippen MR) is 41.8 cm³/mol. The van der Waals surface area contributed by atoms with Gasteiger partial charge in [-0.05, 0) is 19.3 Å². The van der Waals surface area contributed by atoms with Gasteiger partial charge >= 0.3 is 0 Å². The summed E-state index contributed by atoms with van der Waals surface area (Å²) < 4.78 is 0. The van der Waals surface area contributed by atoms with Gasteiger partial charge in [0.05, 0.1) is 6.07 Å². The van der Waals surface area contributed by atoms with E-state index < -0.39 is 5.41 Å². The average molecular weight is 151 g/mol. The molecule has 0 aliphatic heterocycles. The molecular weight excluding hydrogens is 138 g/mol. The molecule has 1 rings (SSSR count). The molecule has 60 valence electrons. The molecule has 0 saturated heterocycles. The van der Waals surface area contributed by atoms with Crippen molar-refractivity contribution in [1.82, 2.24) is 0 Å². The summed E-state index contributed by atoms with van der Waals surface area (Å²) in [7, 11) is 0. The van der Waals surface area contributed by atoms with Crippen molar-refractivity contribution in [1.29, 1.82) is 5.26 Å². The summed E-state index contributed by atoms with van der Waals surface area (Å²) in [4.78, 5) is 11.4. The van der Waals surface area contributed by atoms with Crippen LogP contribution in [0, 0.1) is 16.7 Å². The van der Waals surface area contributed by atoms with Crippen molar-refractivity contribution in [3.05, 3.63) is 0 Å². The Morgan fingerprint density at radius 2 is 2.36 bits per heavy atom. The number of Topliss-reactive ketones (excluding diaryl/α,β-unsaturated/α-hetero) is 1. The normalized spacial score (nSPS) is 31.5. The lowest BCUT2D eigenvalue weighted by Gasteiger charge is -2.27. The number of ketones is 1. The van der Waals surface area contributed by atoms with Crippen LogP contribution >= 0.6 is 0 Å². The third-order valence-corrected chi connectivity index (χ3v) is 2.61. The molecule has 1 aliphatic rings. The van der Waals surface area contributed by atoms with Crippen molar-refractivity contribution in [2.45, 2.75) is 39.0 Å². The molecule has 0 heterocycles. The van der Waals surface area contributed by atoms with Crippen molar-refractivity contribution in [3.63, 3.8) is 0 Å². The maximum atomic E-state index is 11.4. The van der Waals surface area contributed by atoms with Gasteiger partial charge in [-0.2, -0.15) is 5.26 Å². The average Bonchev–Trinajstić information content (AvgIpc) is 2.06. The zero-order chi connectivity index (χ0) is 8.32. The SMILES string of the molecule is CC[C@]1(C#N)CCCCC1=O. The summed E-state index contributed by atoms with van der Waals surface area (Å²) in [5.41, 5.74) is -0.613. The van der Waals surface area contributed by atoms with Crippen LogP contribution in [0.1, 0.15) is 39.0 Å². The molecule has 2 nitrogen and oxygen atoms in total. The van der Waals surface area contributed by atoms with Crippen molar-refractivity contribution >= 4 is 5.78 Å². The van der Waals surface area contributed by atoms with Crippen LogP contribution in [-0.4, -0.2) is 5.78 Å². The van der Waals surface area contributed by atoms with E-state index in [0.717, 1.165) is 19.3 Å². The third kappa shape index (κ3) is 1.28. The molecule has 2 heteroatoms. The van der Waals surface area contributed by atoms with E-state index in [-0.39, 0.29) is 5.78 Å². The van der Waals surface area contributed by atoms with E-state index in [1.807, 2.05) is 6.92 Å². The number of nitrogens with zero attached hydrogens (tertiary/aromatic N) is 1. The molecule has 1 atom stereocenters. The molecule has 0 N–H and O–H groups in total. The van der Waals surface area contributed by atoms with Crippen molar-refractivity contribution in [3.8, 4) is 6.07 Å². The Balaban J connectivity index is 2.80. The van der Waals surface area contributed by atoms with E-state index in [9.17, 15) is 4.79 Å². The molecule has 11 heavy (non-hydrogen) atoms. The fraction of sp³-hybridized carbons (Fsp3) is 0.778. The molecule has 0 aromatic rings. The number of rotatable bonds is 1. The highest BCUT2D eigenvalue weighted by Crippen LogP contribution is 2.35. The van der Waals surface area contributed by atoms with Gasteiger partial charge < -0.3 is 0 Å². The molecule has 0 aromatic heterocycles. The Morgan fingerprint density at radius 3 is 2.73 bits per heavy atom. The molecule has 0 bridgehead atoms. The first-order valence-electron chi connectivity index (χ1n) is 4.20. The Hall–Kier alpha value is -0.840. The van der Waals surface area contributed by atoms with Gasteiger partial charge in [0.25, 0.3) is 0 Å². The first kappa shape index (κ1) is 8.26. The summed E-state index contributed by atoms with van der Waals surface area (Å²) in [6, 6.07) is 2.17. The zero-order valence-electron chi connectivity index (χ0n) is 6.89. The highest BCUT2D eigenvalue weighted by Gasteiger charge is 2.37. The van der Waals surface area contributed by atoms with Crippen LogP contribution in [0.15, 0.2) is 0 Å². The molecule has 0 amide bonds. The van der Waals surface area contributed by atoms with Crippen molar-refractivity contribution in [2.75, 3.05) is 0 Å². The second-order valence-electron chi connectivity index (χ2n) is 3.18. The monoisotopic (exact) mass is 151 g/mol. The Bertz CT molecular complexity index is 204. The maximum Gasteiger partial charge on any atom is 0.153 e. The highest BCUT2D eigenvalue weighted by molar-refractivity contribution is 5.88. The minimum atomic E-state index is -0.613. The van der Waals surface area contributed by atoms with Crippen LogP contribution in [-0.2, 0) is 4.79 Å². The first-order valence-corrected chi connectivity index (χ1v) is 4.20. The van der Waals surface area contributed by atoms with Crippen molar-refractivity contribution < 1.29 is 4.79 Å². The second-order valence-corrected chi connectivity index (χ2v) is 3.18. The van der Waals surface area contributed by atoms with Crippen LogP contribution in [0.25, 0.3) is 0 Å². The minimum Gasteiger partial charge on any atom is -0.298 e. The zero-order valence-corrected chi connectivity index (χ0v) is 6.89. The van der Waals surface area contributed by atoms with E-state index >= 15 is 0 Å². The fourth-order valence-corrected chi connectivity index (χ4v) is 1.66. The van der Waals surface area contributed by atoms with E-state index in [1.54, 1.807) is 0 Å². The molecule has 1 aliphatic carbocycles. The summed E-state index contributed by atoms with van der Waals surface area (Å²) in [6.07, 6.45) is 4.08. The number of carbonyl (C=O) groups excluding carboxylic acids is 1. The predicted octanol–water partition coefficient (Wildman–Crippen LogP) is 2.05. The van der Waals surface area contributed by atoms with Gasteiger partial charge in [-0.3, -0.25) is 4.79 Å². The van der Waals surface area contributed by atoms with E-state index in [2.05, 4.69) is 6.07 Å². The summed E-state index contributed by atoms with van der Waals surface area (Å²) >= 11 is 0. The van der Waals surface area contributed by atoms with Gasteiger partial charge in [0, 0.05) is 6.42 Å². The van der Waals surface area contributed by atoms with Gasteiger partial charge in [0.1, 0.15) is 5.41 Å². The maximum absolute atomic E-state index is 11.4. The summed E-state index contributed by atoms with van der Waals surface area (Å²) in [5, 5.41) is 8.84. The first-order chi connectivity index (χ1) is 5.25. The standard InChI is InChI=1S/C9H13NO/c1-2-9(7-10)6-4-3-5-8(9)11/h2-6H2,1H3/t9-/m1/s1. The fourth-order valence-electron chi connectivity index (χ4n) is 1.66. The molecule has 0 aromatic carbocycles. The molecule has 0 unspecified atom stereocenters. The van der Waals surface area contributed by atoms with Crippen molar-refractivity contribution in [2.24, 2.45) is 5.41 Å². The van der Waals surface area contributed by atoms with Gasteiger partial charge in [-0.15, -0.1) is 0 Å². The molecule has 1 fully saturated rings. The largest absolute Gasteiger partial charge is 0.298 e. The van der Waals surface area contributed by atoms with Gasteiger partial charge in [-0.25, -0.2) is 0 Å². The molecule has 1 saturated carbocycles. The molecule has 0 spiro atoms. The van der Waals surface area contributed by atoms with Gasteiger partial charge in [0.2, 0.25) is 0 Å². The third-order valence-electron chi connectivity index (χ3n) is 2.61. The van der Waals surface area contributed by atoms with E-state index in [0.29, 0.717) is 12.8 Å². The lowest BCUT2D eigenvalue weighted by atomic mass is 9.72. The minimum absolute atomic E-state index is 0.161. The van der Waals surface area contributed by atoms with E-state index in [4.69, 9.17) is 5.26 Å². The smallest absolute Gasteiger partial charge is 0.153 e. The number of hydrogen-bond acceptors (Lipinski definition) is 2. The number of nitriles is 1. The summed E-state index contributed by atoms with van der Waals surface area (Å²) in [5.74, 6) is 0.161.